The molecule has 0 N–H and O–H groups in total. The summed E-state index contributed by atoms with van der Waals surface area (Å²) < 4.78 is 16.9. The van der Waals surface area contributed by atoms with Gasteiger partial charge in [-0.05, 0) is 89.9 Å². The average Bonchev–Trinajstić information content (AvgIpc) is 3.46. The Morgan fingerprint density at radius 1 is 0.250 bits per heavy atom. The Morgan fingerprint density at radius 3 is 0.725 bits per heavy atom. The summed E-state index contributed by atoms with van der Waals surface area (Å²) in [6, 6.07) is 0. The number of carbonyl (C=O) groups is 3. The Labute approximate surface area is 498 Å². The molecule has 0 aromatic heterocycles. The average molecular weight is 1120 g/mol. The number of ether oxygens (including phenoxy) is 3. The minimum absolute atomic E-state index is 0.0748. The minimum Gasteiger partial charge on any atom is -0.462 e. The van der Waals surface area contributed by atoms with Gasteiger partial charge in [0.25, 0.3) is 0 Å². The van der Waals surface area contributed by atoms with E-state index in [2.05, 4.69) is 81.5 Å². The molecular formula is C74H134O6. The molecule has 0 amide bonds. The van der Waals surface area contributed by atoms with E-state index in [9.17, 15) is 14.4 Å². The number of rotatable bonds is 65. The van der Waals surface area contributed by atoms with Gasteiger partial charge < -0.3 is 14.2 Å². The van der Waals surface area contributed by atoms with E-state index in [1.165, 1.54) is 250 Å². The minimum atomic E-state index is -0.778. The largest absolute Gasteiger partial charge is 0.462 e. The molecule has 0 aliphatic rings. The quantitative estimate of drug-likeness (QED) is 0.0261. The smallest absolute Gasteiger partial charge is 0.306 e. The van der Waals surface area contributed by atoms with Crippen LogP contribution in [-0.4, -0.2) is 37.2 Å². The van der Waals surface area contributed by atoms with Gasteiger partial charge in [-0.15, -0.1) is 0 Å². The summed E-state index contributed by atoms with van der Waals surface area (Å²) in [6.45, 7) is 6.63. The Kier molecular flexibility index (Phi) is 66.1. The number of allylic oxidation sites excluding steroid dienone is 10. The molecule has 0 spiro atoms. The predicted molar refractivity (Wildman–Crippen MR) is 348 cm³/mol. The summed E-state index contributed by atoms with van der Waals surface area (Å²) >= 11 is 0. The standard InChI is InChI=1S/C74H134O6/c1-4-7-10-13-16-19-22-24-26-28-30-31-32-33-34-35-36-37-38-39-40-41-42-43-45-46-48-50-52-55-58-61-64-67-73(76)79-70-71(69-78-72(75)66-63-60-57-54-21-18-15-12-9-6-3)80-74(77)68-65-62-59-56-53-51-49-47-44-29-27-25-23-20-17-14-11-8-5-2/h17,20,22,24-25,27-28,30,44,47,71H,4-16,18-19,21,23,26,29,31-43,45-46,48-70H2,1-3H3/b20-17-,24-22-,27-25-,30-28-,47-44-. The summed E-state index contributed by atoms with van der Waals surface area (Å²) in [5, 5.41) is 0. The maximum absolute atomic E-state index is 12.9. The number of hydrogen-bond donors (Lipinski definition) is 0. The summed E-state index contributed by atoms with van der Waals surface area (Å²) in [7, 11) is 0. The van der Waals surface area contributed by atoms with Crippen LogP contribution in [0.2, 0.25) is 0 Å². The number of esters is 3. The highest BCUT2D eigenvalue weighted by Crippen LogP contribution is 2.18. The van der Waals surface area contributed by atoms with Crippen LogP contribution in [0.25, 0.3) is 0 Å². The van der Waals surface area contributed by atoms with Crippen LogP contribution in [0.1, 0.15) is 374 Å². The Bertz CT molecular complexity index is 1430. The summed E-state index contributed by atoms with van der Waals surface area (Å²) in [5.74, 6) is -0.868. The molecule has 6 nitrogen and oxygen atoms in total. The molecule has 1 atom stereocenters. The highest BCUT2D eigenvalue weighted by atomic mass is 16.6. The zero-order valence-electron chi connectivity index (χ0n) is 53.6. The van der Waals surface area contributed by atoms with Crippen LogP contribution in [0.15, 0.2) is 60.8 Å². The molecule has 1 unspecified atom stereocenters. The van der Waals surface area contributed by atoms with Crippen LogP contribution in [0.3, 0.4) is 0 Å². The molecule has 6 heteroatoms. The van der Waals surface area contributed by atoms with Crippen molar-refractivity contribution in [2.24, 2.45) is 0 Å². The van der Waals surface area contributed by atoms with Gasteiger partial charge in [-0.2, -0.15) is 0 Å². The van der Waals surface area contributed by atoms with Crippen LogP contribution in [-0.2, 0) is 28.6 Å². The van der Waals surface area contributed by atoms with Crippen LogP contribution in [0, 0.1) is 0 Å². The van der Waals surface area contributed by atoms with Gasteiger partial charge in [-0.3, -0.25) is 14.4 Å². The van der Waals surface area contributed by atoms with Gasteiger partial charge in [0, 0.05) is 19.3 Å². The first-order valence-corrected chi connectivity index (χ1v) is 35.3. The number of unbranched alkanes of at least 4 members (excludes halogenated alkanes) is 44. The molecule has 0 aromatic carbocycles. The molecule has 0 saturated heterocycles. The molecule has 0 radical (unpaired) electrons. The fraction of sp³-hybridized carbons (Fsp3) is 0.824. The van der Waals surface area contributed by atoms with Crippen LogP contribution >= 0.6 is 0 Å². The first kappa shape index (κ1) is 77.1. The molecule has 0 aliphatic carbocycles. The second-order valence-corrected chi connectivity index (χ2v) is 23.8. The maximum atomic E-state index is 12.9. The Hall–Kier alpha value is -2.89. The van der Waals surface area contributed by atoms with Gasteiger partial charge >= 0.3 is 17.9 Å². The fourth-order valence-electron chi connectivity index (χ4n) is 10.4. The van der Waals surface area contributed by atoms with E-state index in [1.54, 1.807) is 0 Å². The van der Waals surface area contributed by atoms with E-state index in [4.69, 9.17) is 14.2 Å². The lowest BCUT2D eigenvalue weighted by molar-refractivity contribution is -0.167. The second kappa shape index (κ2) is 68.6. The van der Waals surface area contributed by atoms with Crippen molar-refractivity contribution in [3.8, 4) is 0 Å². The van der Waals surface area contributed by atoms with Crippen molar-refractivity contribution < 1.29 is 28.6 Å². The van der Waals surface area contributed by atoms with E-state index in [-0.39, 0.29) is 31.1 Å². The molecule has 0 heterocycles. The summed E-state index contributed by atoms with van der Waals surface area (Å²) in [5.41, 5.74) is 0. The normalized spacial score (nSPS) is 12.4. The second-order valence-electron chi connectivity index (χ2n) is 23.8. The van der Waals surface area contributed by atoms with Gasteiger partial charge in [-0.1, -0.05) is 326 Å². The summed E-state index contributed by atoms with van der Waals surface area (Å²) in [4.78, 5) is 38.3. The molecule has 0 aromatic rings. The maximum Gasteiger partial charge on any atom is 0.306 e. The van der Waals surface area contributed by atoms with Crippen molar-refractivity contribution in [1.82, 2.24) is 0 Å². The van der Waals surface area contributed by atoms with Gasteiger partial charge in [0.15, 0.2) is 6.10 Å². The molecular weight excluding hydrogens is 985 g/mol. The van der Waals surface area contributed by atoms with E-state index in [0.717, 1.165) is 83.5 Å². The van der Waals surface area contributed by atoms with Crippen molar-refractivity contribution >= 4 is 17.9 Å². The SMILES string of the molecule is CCCCC/C=C\C/C=C\C/C=C\CCCCCCCCC(=O)OC(COC(=O)CCCCCCCCCCCC)COC(=O)CCCCCCCCCCCCCCCCCCCCCCC/C=C\C/C=C\CCCCCCC. The molecule has 0 bridgehead atoms. The lowest BCUT2D eigenvalue weighted by Crippen LogP contribution is -2.30. The highest BCUT2D eigenvalue weighted by Gasteiger charge is 2.19. The van der Waals surface area contributed by atoms with Gasteiger partial charge in [-0.25, -0.2) is 0 Å². The number of carbonyl (C=O) groups excluding carboxylic acids is 3. The van der Waals surface area contributed by atoms with Crippen molar-refractivity contribution in [1.29, 1.82) is 0 Å². The van der Waals surface area contributed by atoms with Crippen molar-refractivity contribution in [2.45, 2.75) is 380 Å². The third-order valence-electron chi connectivity index (χ3n) is 15.7. The van der Waals surface area contributed by atoms with Crippen molar-refractivity contribution in [2.75, 3.05) is 13.2 Å². The Morgan fingerprint density at radius 2 is 0.450 bits per heavy atom. The van der Waals surface area contributed by atoms with Gasteiger partial charge in [0.1, 0.15) is 13.2 Å². The first-order valence-electron chi connectivity index (χ1n) is 35.3. The molecule has 0 saturated carbocycles. The van der Waals surface area contributed by atoms with E-state index >= 15 is 0 Å². The molecule has 0 fully saturated rings. The highest BCUT2D eigenvalue weighted by molar-refractivity contribution is 5.71. The Balaban J connectivity index is 4.09. The van der Waals surface area contributed by atoms with E-state index < -0.39 is 6.10 Å². The summed E-state index contributed by atoms with van der Waals surface area (Å²) in [6.07, 6.45) is 88.4. The topological polar surface area (TPSA) is 78.9 Å². The van der Waals surface area contributed by atoms with Crippen molar-refractivity contribution in [3.05, 3.63) is 60.8 Å². The van der Waals surface area contributed by atoms with Crippen molar-refractivity contribution in [3.63, 3.8) is 0 Å². The molecule has 0 aliphatic heterocycles. The molecule has 0 rings (SSSR count). The van der Waals surface area contributed by atoms with Gasteiger partial charge in [0.05, 0.1) is 0 Å². The lowest BCUT2D eigenvalue weighted by atomic mass is 10.0. The third-order valence-corrected chi connectivity index (χ3v) is 15.7. The third kappa shape index (κ3) is 65.9. The van der Waals surface area contributed by atoms with Gasteiger partial charge in [0.2, 0.25) is 0 Å². The molecule has 80 heavy (non-hydrogen) atoms. The fourth-order valence-corrected chi connectivity index (χ4v) is 10.4. The first-order chi connectivity index (χ1) is 39.5. The predicted octanol–water partition coefficient (Wildman–Crippen LogP) is 24.3. The monoisotopic (exact) mass is 1120 g/mol. The van der Waals surface area contributed by atoms with Crippen LogP contribution in [0.5, 0.6) is 0 Å². The molecule has 466 valence electrons. The van der Waals surface area contributed by atoms with E-state index in [0.29, 0.717) is 19.3 Å². The van der Waals surface area contributed by atoms with E-state index in [1.807, 2.05) is 0 Å². The lowest BCUT2D eigenvalue weighted by Gasteiger charge is -2.18. The van der Waals surface area contributed by atoms with Crippen LogP contribution < -0.4 is 0 Å². The van der Waals surface area contributed by atoms with Crippen LogP contribution in [0.4, 0.5) is 0 Å². The zero-order valence-corrected chi connectivity index (χ0v) is 53.6. The number of hydrogen-bond acceptors (Lipinski definition) is 6. The zero-order chi connectivity index (χ0) is 57.8.